The molecule has 3 aliphatic heterocycles. The van der Waals surface area contributed by atoms with Crippen molar-refractivity contribution in [3.8, 4) is 0 Å². The number of ether oxygens (including phenoxy) is 1. The molecule has 3 heterocycles. The molecule has 17 heavy (non-hydrogen) atoms. The SMILES string of the molecule is Cl.O=C([C@H]1CCCO1)N1CCC2NCCC2C1. The Kier molecular flexibility index (Phi) is 4.28. The molecule has 0 bridgehead atoms. The van der Waals surface area contributed by atoms with Crippen LogP contribution in [0.3, 0.4) is 0 Å². The van der Waals surface area contributed by atoms with Gasteiger partial charge in [0.2, 0.25) is 0 Å². The molecule has 0 aromatic heterocycles. The lowest BCUT2D eigenvalue weighted by molar-refractivity contribution is -0.142. The van der Waals surface area contributed by atoms with Crippen LogP contribution in [-0.2, 0) is 9.53 Å². The van der Waals surface area contributed by atoms with E-state index in [0.717, 1.165) is 45.5 Å². The van der Waals surface area contributed by atoms with Crippen LogP contribution < -0.4 is 5.32 Å². The Balaban J connectivity index is 0.00000108. The number of carbonyl (C=O) groups excluding carboxylic acids is 1. The van der Waals surface area contributed by atoms with E-state index >= 15 is 0 Å². The van der Waals surface area contributed by atoms with Crippen LogP contribution in [0.15, 0.2) is 0 Å². The van der Waals surface area contributed by atoms with E-state index in [1.54, 1.807) is 0 Å². The molecule has 3 saturated heterocycles. The fourth-order valence-corrected chi connectivity index (χ4v) is 3.22. The second-order valence-electron chi connectivity index (χ2n) is 5.18. The molecule has 0 radical (unpaired) electrons. The predicted molar refractivity (Wildman–Crippen MR) is 67.3 cm³/mol. The van der Waals surface area contributed by atoms with Crippen molar-refractivity contribution in [3.05, 3.63) is 0 Å². The van der Waals surface area contributed by atoms with Crippen LogP contribution in [0.5, 0.6) is 0 Å². The van der Waals surface area contributed by atoms with Crippen LogP contribution in [0.2, 0.25) is 0 Å². The fourth-order valence-electron chi connectivity index (χ4n) is 3.22. The largest absolute Gasteiger partial charge is 0.368 e. The summed E-state index contributed by atoms with van der Waals surface area (Å²) < 4.78 is 5.47. The molecule has 3 fully saturated rings. The van der Waals surface area contributed by atoms with Crippen molar-refractivity contribution in [2.24, 2.45) is 5.92 Å². The molecule has 2 unspecified atom stereocenters. The third-order valence-corrected chi connectivity index (χ3v) is 4.17. The zero-order valence-electron chi connectivity index (χ0n) is 10.1. The highest BCUT2D eigenvalue weighted by Gasteiger charge is 2.37. The number of hydrogen-bond acceptors (Lipinski definition) is 3. The first-order valence-corrected chi connectivity index (χ1v) is 6.48. The number of hydrogen-bond donors (Lipinski definition) is 1. The Morgan fingerprint density at radius 2 is 2.18 bits per heavy atom. The maximum absolute atomic E-state index is 12.2. The van der Waals surface area contributed by atoms with Gasteiger partial charge in [0.1, 0.15) is 6.10 Å². The molecule has 98 valence electrons. The van der Waals surface area contributed by atoms with Gasteiger partial charge in [0.25, 0.3) is 5.91 Å². The monoisotopic (exact) mass is 260 g/mol. The van der Waals surface area contributed by atoms with Gasteiger partial charge in [0, 0.05) is 25.7 Å². The summed E-state index contributed by atoms with van der Waals surface area (Å²) in [5, 5.41) is 3.52. The van der Waals surface area contributed by atoms with Crippen LogP contribution in [0, 0.1) is 5.92 Å². The number of halogens is 1. The maximum Gasteiger partial charge on any atom is 0.251 e. The summed E-state index contributed by atoms with van der Waals surface area (Å²) >= 11 is 0. The highest BCUT2D eigenvalue weighted by Crippen LogP contribution is 2.26. The second kappa shape index (κ2) is 5.55. The van der Waals surface area contributed by atoms with E-state index in [1.807, 2.05) is 4.90 Å². The number of nitrogens with zero attached hydrogens (tertiary/aromatic N) is 1. The molecule has 1 N–H and O–H groups in total. The van der Waals surface area contributed by atoms with Gasteiger partial charge in [-0.2, -0.15) is 0 Å². The second-order valence-corrected chi connectivity index (χ2v) is 5.18. The Bertz CT molecular complexity index is 282. The van der Waals surface area contributed by atoms with Crippen molar-refractivity contribution in [2.45, 2.75) is 37.8 Å². The van der Waals surface area contributed by atoms with E-state index in [0.29, 0.717) is 12.0 Å². The lowest BCUT2D eigenvalue weighted by atomic mass is 9.93. The van der Waals surface area contributed by atoms with Crippen molar-refractivity contribution in [1.82, 2.24) is 10.2 Å². The minimum Gasteiger partial charge on any atom is -0.368 e. The van der Waals surface area contributed by atoms with E-state index in [1.165, 1.54) is 6.42 Å². The van der Waals surface area contributed by atoms with E-state index in [9.17, 15) is 4.79 Å². The third-order valence-electron chi connectivity index (χ3n) is 4.17. The molecule has 3 atom stereocenters. The summed E-state index contributed by atoms with van der Waals surface area (Å²) in [7, 11) is 0. The third kappa shape index (κ3) is 2.59. The van der Waals surface area contributed by atoms with Gasteiger partial charge in [0.05, 0.1) is 0 Å². The lowest BCUT2D eigenvalue weighted by Crippen LogP contribution is -2.49. The number of nitrogens with one attached hydrogen (secondary N) is 1. The molecule has 3 rings (SSSR count). The number of fused-ring (bicyclic) bond motifs is 1. The van der Waals surface area contributed by atoms with Gasteiger partial charge in [-0.25, -0.2) is 0 Å². The lowest BCUT2D eigenvalue weighted by Gasteiger charge is -2.35. The van der Waals surface area contributed by atoms with E-state index in [-0.39, 0.29) is 24.4 Å². The Hall–Kier alpha value is -0.320. The zero-order valence-corrected chi connectivity index (χ0v) is 10.9. The van der Waals surface area contributed by atoms with Crippen LogP contribution in [-0.4, -0.2) is 49.2 Å². The van der Waals surface area contributed by atoms with Gasteiger partial charge in [0.15, 0.2) is 0 Å². The van der Waals surface area contributed by atoms with Crippen LogP contribution in [0.1, 0.15) is 25.7 Å². The average Bonchev–Trinajstić information content (AvgIpc) is 2.98. The molecule has 0 saturated carbocycles. The standard InChI is InChI=1S/C12H20N2O2.ClH/c15-12(11-2-1-7-16-11)14-6-4-10-9(8-14)3-5-13-10;/h9-11,13H,1-8H2;1H/t9?,10?,11-;/m1./s1. The Labute approximate surface area is 108 Å². The fraction of sp³-hybridized carbons (Fsp3) is 0.917. The van der Waals surface area contributed by atoms with Gasteiger partial charge >= 0.3 is 0 Å². The minimum atomic E-state index is -0.133. The Morgan fingerprint density at radius 3 is 2.94 bits per heavy atom. The number of likely N-dealkylation sites (tertiary alicyclic amines) is 1. The van der Waals surface area contributed by atoms with E-state index in [4.69, 9.17) is 4.74 Å². The number of carbonyl (C=O) groups is 1. The molecule has 0 aromatic carbocycles. The normalized spacial score (nSPS) is 36.5. The average molecular weight is 261 g/mol. The van der Waals surface area contributed by atoms with Gasteiger partial charge in [-0.3, -0.25) is 4.79 Å². The molecule has 0 aromatic rings. The summed E-state index contributed by atoms with van der Waals surface area (Å²) in [5.74, 6) is 0.918. The first kappa shape index (κ1) is 13.1. The number of piperidine rings is 1. The van der Waals surface area contributed by atoms with Gasteiger partial charge in [-0.05, 0) is 38.1 Å². The number of rotatable bonds is 1. The van der Waals surface area contributed by atoms with Crippen molar-refractivity contribution in [3.63, 3.8) is 0 Å². The summed E-state index contributed by atoms with van der Waals surface area (Å²) in [6.07, 6.45) is 4.16. The first-order valence-electron chi connectivity index (χ1n) is 6.48. The molecule has 5 heteroatoms. The molecule has 1 amide bonds. The Morgan fingerprint density at radius 1 is 1.29 bits per heavy atom. The maximum atomic E-state index is 12.2. The molecule has 3 aliphatic rings. The molecule has 0 aliphatic carbocycles. The van der Waals surface area contributed by atoms with Gasteiger partial charge in [-0.15, -0.1) is 12.4 Å². The quantitative estimate of drug-likeness (QED) is 0.758. The van der Waals surface area contributed by atoms with Crippen LogP contribution in [0.4, 0.5) is 0 Å². The molecular formula is C12H21ClN2O2. The van der Waals surface area contributed by atoms with E-state index < -0.39 is 0 Å². The van der Waals surface area contributed by atoms with E-state index in [2.05, 4.69) is 5.32 Å². The van der Waals surface area contributed by atoms with Crippen LogP contribution >= 0.6 is 12.4 Å². The summed E-state index contributed by atoms with van der Waals surface area (Å²) in [6, 6.07) is 0.661. The topological polar surface area (TPSA) is 41.6 Å². The van der Waals surface area contributed by atoms with Crippen molar-refractivity contribution in [1.29, 1.82) is 0 Å². The molecule has 0 spiro atoms. The van der Waals surface area contributed by atoms with Gasteiger partial charge in [-0.1, -0.05) is 0 Å². The minimum absolute atomic E-state index is 0. The smallest absolute Gasteiger partial charge is 0.251 e. The van der Waals surface area contributed by atoms with Crippen molar-refractivity contribution in [2.75, 3.05) is 26.2 Å². The van der Waals surface area contributed by atoms with Crippen LogP contribution in [0.25, 0.3) is 0 Å². The van der Waals surface area contributed by atoms with Crippen molar-refractivity contribution >= 4 is 18.3 Å². The highest BCUT2D eigenvalue weighted by molar-refractivity contribution is 5.85. The number of amides is 1. The molecule has 4 nitrogen and oxygen atoms in total. The van der Waals surface area contributed by atoms with Crippen molar-refractivity contribution < 1.29 is 9.53 Å². The molecular weight excluding hydrogens is 240 g/mol. The van der Waals surface area contributed by atoms with Gasteiger partial charge < -0.3 is 15.0 Å². The zero-order chi connectivity index (χ0) is 11.0. The first-order chi connectivity index (χ1) is 7.84. The predicted octanol–water partition coefficient (Wildman–Crippen LogP) is 0.798. The summed E-state index contributed by atoms with van der Waals surface area (Å²) in [5.41, 5.74) is 0. The highest BCUT2D eigenvalue weighted by atomic mass is 35.5. The summed E-state index contributed by atoms with van der Waals surface area (Å²) in [4.78, 5) is 14.2. The summed E-state index contributed by atoms with van der Waals surface area (Å²) in [6.45, 7) is 3.73.